The van der Waals surface area contributed by atoms with Gasteiger partial charge in [0.1, 0.15) is 5.76 Å². The van der Waals surface area contributed by atoms with Crippen molar-refractivity contribution in [3.05, 3.63) is 51.9 Å². The van der Waals surface area contributed by atoms with Gasteiger partial charge < -0.3 is 9.42 Å². The van der Waals surface area contributed by atoms with Crippen molar-refractivity contribution >= 4 is 17.5 Å². The van der Waals surface area contributed by atoms with Crippen LogP contribution >= 0.6 is 11.6 Å². The van der Waals surface area contributed by atoms with Crippen molar-refractivity contribution in [1.82, 2.24) is 10.1 Å². The third-order valence-corrected chi connectivity index (χ3v) is 4.35. The number of carbonyl (C=O) groups is 1. The minimum absolute atomic E-state index is 0.00874. The summed E-state index contributed by atoms with van der Waals surface area (Å²) in [6.45, 7) is 5.78. The SMILES string of the molecule is Cc1noc(C)c1CCC(=O)N(C)C(C)c1ccc(Cl)cc1. The summed E-state index contributed by atoms with van der Waals surface area (Å²) in [6, 6.07) is 7.59. The standard InChI is InChI=1S/C17H21ClN2O2/c1-11-16(13(3)22-19-11)9-10-17(21)20(4)12(2)14-5-7-15(18)8-6-14/h5-8,12H,9-10H2,1-4H3. The molecule has 0 aliphatic rings. The van der Waals surface area contributed by atoms with E-state index in [1.165, 1.54) is 0 Å². The number of carbonyl (C=O) groups excluding carboxylic acids is 1. The van der Waals surface area contributed by atoms with Crippen molar-refractivity contribution in [3.63, 3.8) is 0 Å². The molecule has 22 heavy (non-hydrogen) atoms. The maximum atomic E-state index is 12.4. The quantitative estimate of drug-likeness (QED) is 0.833. The van der Waals surface area contributed by atoms with Gasteiger partial charge in [0.2, 0.25) is 5.91 Å². The van der Waals surface area contributed by atoms with Gasteiger partial charge in [0.05, 0.1) is 11.7 Å². The largest absolute Gasteiger partial charge is 0.361 e. The highest BCUT2D eigenvalue weighted by molar-refractivity contribution is 6.30. The molecule has 4 nitrogen and oxygen atoms in total. The van der Waals surface area contributed by atoms with Crippen molar-refractivity contribution < 1.29 is 9.32 Å². The molecule has 0 saturated carbocycles. The molecule has 0 aliphatic carbocycles. The first-order chi connectivity index (χ1) is 10.4. The Morgan fingerprint density at radius 1 is 1.32 bits per heavy atom. The second-order valence-corrected chi connectivity index (χ2v) is 5.97. The summed E-state index contributed by atoms with van der Waals surface area (Å²) in [7, 11) is 1.83. The molecule has 0 saturated heterocycles. The van der Waals surface area contributed by atoms with Crippen LogP contribution < -0.4 is 0 Å². The minimum Gasteiger partial charge on any atom is -0.361 e. The first kappa shape index (κ1) is 16.6. The van der Waals surface area contributed by atoms with Crippen LogP contribution in [-0.4, -0.2) is 23.0 Å². The predicted molar refractivity (Wildman–Crippen MR) is 86.9 cm³/mol. The highest BCUT2D eigenvalue weighted by atomic mass is 35.5. The Balaban J connectivity index is 1.98. The number of halogens is 1. The van der Waals surface area contributed by atoms with Crippen LogP contribution in [0.4, 0.5) is 0 Å². The lowest BCUT2D eigenvalue weighted by Crippen LogP contribution is -2.29. The van der Waals surface area contributed by atoms with E-state index in [4.69, 9.17) is 16.1 Å². The van der Waals surface area contributed by atoms with Crippen molar-refractivity contribution in [2.24, 2.45) is 0 Å². The second kappa shape index (κ2) is 6.97. The smallest absolute Gasteiger partial charge is 0.223 e. The van der Waals surface area contributed by atoms with E-state index in [1.807, 2.05) is 52.1 Å². The third-order valence-electron chi connectivity index (χ3n) is 4.10. The van der Waals surface area contributed by atoms with Gasteiger partial charge in [-0.25, -0.2) is 0 Å². The van der Waals surface area contributed by atoms with Gasteiger partial charge in [-0.1, -0.05) is 28.9 Å². The molecule has 1 heterocycles. The van der Waals surface area contributed by atoms with E-state index in [-0.39, 0.29) is 11.9 Å². The number of benzene rings is 1. The third kappa shape index (κ3) is 3.69. The Morgan fingerprint density at radius 2 is 1.95 bits per heavy atom. The molecule has 1 unspecified atom stereocenters. The van der Waals surface area contributed by atoms with Crippen LogP contribution in [0, 0.1) is 13.8 Å². The van der Waals surface area contributed by atoms with Crippen LogP contribution in [-0.2, 0) is 11.2 Å². The predicted octanol–water partition coefficient (Wildman–Crippen LogP) is 4.10. The average Bonchev–Trinajstić information content (AvgIpc) is 2.83. The Hall–Kier alpha value is -1.81. The van der Waals surface area contributed by atoms with E-state index in [1.54, 1.807) is 4.90 Å². The van der Waals surface area contributed by atoms with E-state index < -0.39 is 0 Å². The Labute approximate surface area is 136 Å². The lowest BCUT2D eigenvalue weighted by molar-refractivity contribution is -0.131. The van der Waals surface area contributed by atoms with Crippen LogP contribution in [0.3, 0.4) is 0 Å². The topological polar surface area (TPSA) is 46.3 Å². The first-order valence-electron chi connectivity index (χ1n) is 7.33. The lowest BCUT2D eigenvalue weighted by Gasteiger charge is -2.25. The van der Waals surface area contributed by atoms with Crippen molar-refractivity contribution in [2.45, 2.75) is 39.7 Å². The number of hydrogen-bond acceptors (Lipinski definition) is 3. The second-order valence-electron chi connectivity index (χ2n) is 5.53. The number of nitrogens with zero attached hydrogens (tertiary/aromatic N) is 2. The Bertz CT molecular complexity index is 630. The maximum absolute atomic E-state index is 12.4. The zero-order valence-electron chi connectivity index (χ0n) is 13.4. The van der Waals surface area contributed by atoms with E-state index in [0.717, 1.165) is 22.6 Å². The number of aryl methyl sites for hydroxylation is 2. The molecular weight excluding hydrogens is 300 g/mol. The summed E-state index contributed by atoms with van der Waals surface area (Å²) in [6.07, 6.45) is 1.09. The molecule has 0 radical (unpaired) electrons. The van der Waals surface area contributed by atoms with E-state index >= 15 is 0 Å². The van der Waals surface area contributed by atoms with Crippen LogP contribution in [0.2, 0.25) is 5.02 Å². The molecular formula is C17H21ClN2O2. The Kier molecular flexibility index (Phi) is 5.24. The summed E-state index contributed by atoms with van der Waals surface area (Å²) < 4.78 is 5.13. The molecule has 5 heteroatoms. The van der Waals surface area contributed by atoms with Crippen molar-refractivity contribution in [1.29, 1.82) is 0 Å². The summed E-state index contributed by atoms with van der Waals surface area (Å²) >= 11 is 5.90. The minimum atomic E-state index is 0.00874. The summed E-state index contributed by atoms with van der Waals surface area (Å²) in [4.78, 5) is 14.2. The van der Waals surface area contributed by atoms with Crippen molar-refractivity contribution in [2.75, 3.05) is 7.05 Å². The van der Waals surface area contributed by atoms with Crippen LogP contribution in [0.1, 0.15) is 42.0 Å². The molecule has 0 aliphatic heterocycles. The fraction of sp³-hybridized carbons (Fsp3) is 0.412. The zero-order valence-corrected chi connectivity index (χ0v) is 14.1. The van der Waals surface area contributed by atoms with Gasteiger partial charge in [-0.2, -0.15) is 0 Å². The first-order valence-corrected chi connectivity index (χ1v) is 7.70. The highest BCUT2D eigenvalue weighted by Crippen LogP contribution is 2.22. The molecule has 2 rings (SSSR count). The molecule has 2 aromatic rings. The molecule has 1 aromatic carbocycles. The Morgan fingerprint density at radius 3 is 2.50 bits per heavy atom. The fourth-order valence-corrected chi connectivity index (χ4v) is 2.57. The number of aromatic nitrogens is 1. The lowest BCUT2D eigenvalue weighted by atomic mass is 10.1. The number of amides is 1. The van der Waals surface area contributed by atoms with Gasteiger partial charge in [0.15, 0.2) is 0 Å². The number of hydrogen-bond donors (Lipinski definition) is 0. The summed E-state index contributed by atoms with van der Waals surface area (Å²) in [5.74, 6) is 0.890. The van der Waals surface area contributed by atoms with E-state index in [9.17, 15) is 4.79 Å². The van der Waals surface area contributed by atoms with Crippen LogP contribution in [0.15, 0.2) is 28.8 Å². The molecule has 1 aromatic heterocycles. The molecule has 0 fully saturated rings. The van der Waals surface area contributed by atoms with Gasteiger partial charge in [-0.3, -0.25) is 4.79 Å². The molecule has 0 N–H and O–H groups in total. The molecule has 1 amide bonds. The molecule has 1 atom stereocenters. The summed E-state index contributed by atoms with van der Waals surface area (Å²) in [5.41, 5.74) is 2.96. The van der Waals surface area contributed by atoms with E-state index in [2.05, 4.69) is 5.16 Å². The van der Waals surface area contributed by atoms with Gasteiger partial charge in [0, 0.05) is 24.1 Å². The molecule has 0 bridgehead atoms. The highest BCUT2D eigenvalue weighted by Gasteiger charge is 2.18. The zero-order chi connectivity index (χ0) is 16.3. The fourth-order valence-electron chi connectivity index (χ4n) is 2.45. The molecule has 0 spiro atoms. The maximum Gasteiger partial charge on any atom is 0.223 e. The average molecular weight is 321 g/mol. The van der Waals surface area contributed by atoms with Gasteiger partial charge in [-0.15, -0.1) is 0 Å². The van der Waals surface area contributed by atoms with Gasteiger partial charge >= 0.3 is 0 Å². The summed E-state index contributed by atoms with van der Waals surface area (Å²) in [5, 5.41) is 4.62. The number of rotatable bonds is 5. The van der Waals surface area contributed by atoms with Crippen molar-refractivity contribution in [3.8, 4) is 0 Å². The molecule has 118 valence electrons. The van der Waals surface area contributed by atoms with Crippen LogP contribution in [0.5, 0.6) is 0 Å². The van der Waals surface area contributed by atoms with E-state index in [0.29, 0.717) is 17.9 Å². The van der Waals surface area contributed by atoms with Gasteiger partial charge in [0.25, 0.3) is 0 Å². The van der Waals surface area contributed by atoms with Gasteiger partial charge in [-0.05, 0) is 44.9 Å². The van der Waals surface area contributed by atoms with Crippen LogP contribution in [0.25, 0.3) is 0 Å². The monoisotopic (exact) mass is 320 g/mol. The normalized spacial score (nSPS) is 12.2.